The smallest absolute Gasteiger partial charge is 0.306 e. The Kier molecular flexibility index (Phi) is 6.98. The van der Waals surface area contributed by atoms with Crippen molar-refractivity contribution in [1.82, 2.24) is 0 Å². The van der Waals surface area contributed by atoms with Gasteiger partial charge in [0.15, 0.2) is 17.2 Å². The largest absolute Gasteiger partial charge is 0.450 e. The first-order valence-electron chi connectivity index (χ1n) is 13.3. The van der Waals surface area contributed by atoms with Crippen molar-refractivity contribution in [3.05, 3.63) is 23.8 Å². The molecule has 0 bridgehead atoms. The molecule has 5 heteroatoms. The first kappa shape index (κ1) is 25.3. The average molecular weight is 471 g/mol. The highest BCUT2D eigenvalue weighted by atomic mass is 16.6. The zero-order chi connectivity index (χ0) is 24.7. The number of unbranched alkanes of at least 4 members (excludes halogenated alkanes) is 2. The van der Waals surface area contributed by atoms with Crippen LogP contribution in [0.2, 0.25) is 0 Å². The molecule has 6 atom stereocenters. The van der Waals surface area contributed by atoms with Crippen molar-refractivity contribution >= 4 is 17.5 Å². The number of Topliss-reactive ketones (excluding diaryl/α,β-unsaturated/α-hetero) is 1. The summed E-state index contributed by atoms with van der Waals surface area (Å²) < 4.78 is 12.0. The Labute approximate surface area is 204 Å². The van der Waals surface area contributed by atoms with Gasteiger partial charge in [-0.05, 0) is 81.3 Å². The molecule has 0 heterocycles. The SMILES string of the molecule is C=C1C[C@@H]2[C@H](CC[C@@]3(C)[C@H]2CC[C@]3(OC(=O)CCCCC)C(C)=O)[C@@]2(COC)CCC(=O)C=C12. The summed E-state index contributed by atoms with van der Waals surface area (Å²) in [6, 6.07) is 0. The number of allylic oxidation sites excluding steroid dienone is 1. The summed E-state index contributed by atoms with van der Waals surface area (Å²) in [4.78, 5) is 38.3. The van der Waals surface area contributed by atoms with Gasteiger partial charge in [0.2, 0.25) is 0 Å². The lowest BCUT2D eigenvalue weighted by Gasteiger charge is -2.60. The van der Waals surface area contributed by atoms with E-state index in [2.05, 4.69) is 20.4 Å². The first-order chi connectivity index (χ1) is 16.1. The van der Waals surface area contributed by atoms with Crippen LogP contribution in [0.1, 0.15) is 91.4 Å². The van der Waals surface area contributed by atoms with E-state index in [1.165, 1.54) is 0 Å². The van der Waals surface area contributed by atoms with Gasteiger partial charge in [0.05, 0.1) is 6.61 Å². The number of methoxy groups -OCH3 is 1. The molecule has 34 heavy (non-hydrogen) atoms. The first-order valence-corrected chi connectivity index (χ1v) is 13.3. The van der Waals surface area contributed by atoms with Crippen molar-refractivity contribution in [2.24, 2.45) is 28.6 Å². The highest BCUT2D eigenvalue weighted by molar-refractivity contribution is 5.93. The van der Waals surface area contributed by atoms with E-state index in [0.717, 1.165) is 62.5 Å². The van der Waals surface area contributed by atoms with E-state index in [0.29, 0.717) is 37.7 Å². The molecule has 0 N–H and O–H groups in total. The molecule has 0 aromatic heterocycles. The number of ketones is 2. The van der Waals surface area contributed by atoms with Gasteiger partial charge in [0.25, 0.3) is 0 Å². The Morgan fingerprint density at radius 3 is 2.56 bits per heavy atom. The third-order valence-corrected chi connectivity index (χ3v) is 10.0. The summed E-state index contributed by atoms with van der Waals surface area (Å²) in [7, 11) is 1.75. The van der Waals surface area contributed by atoms with Gasteiger partial charge in [-0.25, -0.2) is 0 Å². The average Bonchev–Trinajstić information content (AvgIpc) is 3.09. The summed E-state index contributed by atoms with van der Waals surface area (Å²) in [5.41, 5.74) is 0.574. The lowest BCUT2D eigenvalue weighted by molar-refractivity contribution is -0.189. The van der Waals surface area contributed by atoms with Crippen molar-refractivity contribution in [2.45, 2.75) is 97.0 Å². The second-order valence-corrected chi connectivity index (χ2v) is 11.6. The van der Waals surface area contributed by atoms with Crippen LogP contribution in [-0.2, 0) is 23.9 Å². The van der Waals surface area contributed by atoms with Crippen LogP contribution in [0.25, 0.3) is 0 Å². The summed E-state index contributed by atoms with van der Waals surface area (Å²) in [6.07, 6.45) is 10.5. The minimum Gasteiger partial charge on any atom is -0.450 e. The molecule has 3 saturated carbocycles. The lowest BCUT2D eigenvalue weighted by Crippen LogP contribution is -2.59. The van der Waals surface area contributed by atoms with Gasteiger partial charge < -0.3 is 9.47 Å². The molecule has 0 spiro atoms. The lowest BCUT2D eigenvalue weighted by atomic mass is 9.45. The third kappa shape index (κ3) is 3.73. The zero-order valence-corrected chi connectivity index (χ0v) is 21.5. The molecule has 188 valence electrons. The van der Waals surface area contributed by atoms with Gasteiger partial charge in [-0.1, -0.05) is 38.8 Å². The standard InChI is InChI=1S/C29H42O5/c1-6-7-8-9-26(32)34-29(20(3)30)15-12-23-22-16-19(2)25-17-21(31)10-14-28(25,18-33-5)24(22)11-13-27(23,29)4/h17,22-24H,2,6-16,18H2,1,3-5H3/t22-,23-,24-,27-,28-,29-/m0/s1. The van der Waals surface area contributed by atoms with Gasteiger partial charge in [0.1, 0.15) is 0 Å². The van der Waals surface area contributed by atoms with Crippen LogP contribution < -0.4 is 0 Å². The Balaban J connectivity index is 1.67. The maximum Gasteiger partial charge on any atom is 0.306 e. The van der Waals surface area contributed by atoms with Crippen LogP contribution >= 0.6 is 0 Å². The van der Waals surface area contributed by atoms with E-state index in [-0.39, 0.29) is 34.3 Å². The molecule has 3 fully saturated rings. The molecule has 4 aliphatic carbocycles. The van der Waals surface area contributed by atoms with Crippen molar-refractivity contribution in [2.75, 3.05) is 13.7 Å². The van der Waals surface area contributed by atoms with Crippen LogP contribution in [0.5, 0.6) is 0 Å². The molecule has 0 unspecified atom stereocenters. The summed E-state index contributed by atoms with van der Waals surface area (Å²) >= 11 is 0. The van der Waals surface area contributed by atoms with E-state index in [1.807, 2.05) is 6.08 Å². The third-order valence-electron chi connectivity index (χ3n) is 10.0. The molecular formula is C29H42O5. The minimum absolute atomic E-state index is 0.00937. The van der Waals surface area contributed by atoms with Gasteiger partial charge >= 0.3 is 5.97 Å². The number of hydrogen-bond donors (Lipinski definition) is 0. The quantitative estimate of drug-likeness (QED) is 0.333. The van der Waals surface area contributed by atoms with Crippen LogP contribution in [0.15, 0.2) is 23.8 Å². The van der Waals surface area contributed by atoms with Crippen molar-refractivity contribution in [3.63, 3.8) is 0 Å². The van der Waals surface area contributed by atoms with E-state index in [1.54, 1.807) is 14.0 Å². The van der Waals surface area contributed by atoms with Crippen LogP contribution in [0.4, 0.5) is 0 Å². The Morgan fingerprint density at radius 2 is 1.88 bits per heavy atom. The summed E-state index contributed by atoms with van der Waals surface area (Å²) in [5.74, 6) is 0.972. The second-order valence-electron chi connectivity index (χ2n) is 11.6. The summed E-state index contributed by atoms with van der Waals surface area (Å²) in [5, 5.41) is 0. The number of esters is 1. The zero-order valence-electron chi connectivity index (χ0n) is 21.5. The maximum absolute atomic E-state index is 13.2. The van der Waals surface area contributed by atoms with Gasteiger partial charge in [-0.2, -0.15) is 0 Å². The van der Waals surface area contributed by atoms with Crippen LogP contribution in [-0.4, -0.2) is 36.9 Å². The van der Waals surface area contributed by atoms with Gasteiger partial charge in [0, 0.05) is 30.8 Å². The van der Waals surface area contributed by atoms with Crippen molar-refractivity contribution < 1.29 is 23.9 Å². The Hall–Kier alpha value is -1.75. The molecule has 0 aromatic carbocycles. The predicted octanol–water partition coefficient (Wildman–Crippen LogP) is 5.76. The molecule has 0 aliphatic heterocycles. The number of hydrogen-bond acceptors (Lipinski definition) is 5. The van der Waals surface area contributed by atoms with E-state index >= 15 is 0 Å². The summed E-state index contributed by atoms with van der Waals surface area (Å²) in [6.45, 7) is 10.9. The van der Waals surface area contributed by atoms with Gasteiger partial charge in [-0.15, -0.1) is 0 Å². The Bertz CT molecular complexity index is 902. The molecular weight excluding hydrogens is 428 g/mol. The van der Waals surface area contributed by atoms with Crippen LogP contribution in [0.3, 0.4) is 0 Å². The number of carbonyl (C=O) groups is 3. The highest BCUT2D eigenvalue weighted by Gasteiger charge is 2.68. The molecule has 0 amide bonds. The van der Waals surface area contributed by atoms with Crippen molar-refractivity contribution in [3.8, 4) is 0 Å². The topological polar surface area (TPSA) is 69.7 Å². The number of fused-ring (bicyclic) bond motifs is 5. The molecule has 0 aromatic rings. The Morgan fingerprint density at radius 1 is 1.15 bits per heavy atom. The predicted molar refractivity (Wildman–Crippen MR) is 131 cm³/mol. The number of ether oxygens (including phenoxy) is 2. The highest BCUT2D eigenvalue weighted by Crippen LogP contribution is 2.69. The number of carbonyl (C=O) groups excluding carboxylic acids is 3. The molecule has 0 radical (unpaired) electrons. The van der Waals surface area contributed by atoms with Crippen molar-refractivity contribution in [1.29, 1.82) is 0 Å². The van der Waals surface area contributed by atoms with E-state index in [9.17, 15) is 14.4 Å². The number of rotatable bonds is 8. The van der Waals surface area contributed by atoms with Gasteiger partial charge in [-0.3, -0.25) is 14.4 Å². The van der Waals surface area contributed by atoms with Crippen LogP contribution in [0, 0.1) is 28.6 Å². The minimum atomic E-state index is -1.03. The van der Waals surface area contributed by atoms with E-state index in [4.69, 9.17) is 9.47 Å². The molecule has 4 aliphatic rings. The maximum atomic E-state index is 13.2. The molecule has 0 saturated heterocycles. The molecule has 4 rings (SSSR count). The monoisotopic (exact) mass is 470 g/mol. The van der Waals surface area contributed by atoms with E-state index < -0.39 is 5.60 Å². The second kappa shape index (κ2) is 9.37. The fourth-order valence-electron chi connectivity index (χ4n) is 8.45. The fraction of sp³-hybridized carbons (Fsp3) is 0.759. The fourth-order valence-corrected chi connectivity index (χ4v) is 8.45. The normalized spacial score (nSPS) is 39.1. The molecule has 5 nitrogen and oxygen atoms in total.